The van der Waals surface area contributed by atoms with Gasteiger partial charge >= 0.3 is 5.97 Å². The van der Waals surface area contributed by atoms with Gasteiger partial charge in [-0.05, 0) is 31.2 Å². The van der Waals surface area contributed by atoms with Gasteiger partial charge in [0.1, 0.15) is 5.82 Å². The number of esters is 1. The van der Waals surface area contributed by atoms with Gasteiger partial charge in [-0.2, -0.15) is 0 Å². The lowest BCUT2D eigenvalue weighted by Gasteiger charge is -2.02. The summed E-state index contributed by atoms with van der Waals surface area (Å²) in [5, 5.41) is 11.4. The van der Waals surface area contributed by atoms with Gasteiger partial charge in [-0.15, -0.1) is 0 Å². The Morgan fingerprint density at radius 3 is 2.35 bits per heavy atom. The Hall–Kier alpha value is -3.19. The first-order valence-corrected chi connectivity index (χ1v) is 8.15. The number of non-ortho nitro benzene ring substituents is 1. The Kier molecular flexibility index (Phi) is 4.99. The van der Waals surface area contributed by atoms with E-state index >= 15 is 0 Å². The van der Waals surface area contributed by atoms with Crippen molar-refractivity contribution in [2.24, 2.45) is 0 Å². The molecule has 7 nitrogen and oxygen atoms in total. The Bertz CT molecular complexity index is 950. The number of aromatic nitrogens is 2. The van der Waals surface area contributed by atoms with Crippen LogP contribution in [0.25, 0.3) is 22.6 Å². The van der Waals surface area contributed by atoms with Crippen LogP contribution in [0.1, 0.15) is 17.4 Å². The topological polar surface area (TPSA) is 98.1 Å². The van der Waals surface area contributed by atoms with Gasteiger partial charge in [-0.3, -0.25) is 10.1 Å². The number of nitrogens with zero attached hydrogens (tertiary/aromatic N) is 2. The number of halogens is 1. The van der Waals surface area contributed by atoms with Crippen LogP contribution in [0.15, 0.2) is 48.5 Å². The molecule has 0 atom stereocenters. The van der Waals surface area contributed by atoms with E-state index in [0.29, 0.717) is 22.1 Å². The molecule has 1 heterocycles. The largest absolute Gasteiger partial charge is 0.461 e. The van der Waals surface area contributed by atoms with Crippen LogP contribution >= 0.6 is 11.6 Å². The number of nitro groups is 1. The number of benzene rings is 2. The van der Waals surface area contributed by atoms with E-state index in [4.69, 9.17) is 16.3 Å². The van der Waals surface area contributed by atoms with Crippen LogP contribution in [-0.4, -0.2) is 27.5 Å². The van der Waals surface area contributed by atoms with Crippen LogP contribution in [0.3, 0.4) is 0 Å². The lowest BCUT2D eigenvalue weighted by molar-refractivity contribution is -0.384. The fourth-order valence-corrected chi connectivity index (χ4v) is 2.55. The first-order chi connectivity index (χ1) is 12.5. The van der Waals surface area contributed by atoms with Gasteiger partial charge in [0, 0.05) is 28.3 Å². The van der Waals surface area contributed by atoms with Crippen LogP contribution in [0.2, 0.25) is 5.02 Å². The van der Waals surface area contributed by atoms with Crippen molar-refractivity contribution in [2.45, 2.75) is 6.92 Å². The highest BCUT2D eigenvalue weighted by Crippen LogP contribution is 2.28. The van der Waals surface area contributed by atoms with Gasteiger partial charge in [-0.25, -0.2) is 9.78 Å². The molecule has 0 unspecified atom stereocenters. The number of carbonyl (C=O) groups is 1. The molecule has 2 aromatic carbocycles. The number of H-pyrrole nitrogens is 1. The van der Waals surface area contributed by atoms with Crippen molar-refractivity contribution in [3.05, 3.63) is 69.4 Å². The zero-order valence-corrected chi connectivity index (χ0v) is 14.5. The van der Waals surface area contributed by atoms with E-state index in [2.05, 4.69) is 9.97 Å². The molecule has 0 radical (unpaired) electrons. The molecule has 3 aromatic rings. The van der Waals surface area contributed by atoms with E-state index in [1.54, 1.807) is 43.3 Å². The van der Waals surface area contributed by atoms with Crippen molar-refractivity contribution in [1.29, 1.82) is 0 Å². The van der Waals surface area contributed by atoms with E-state index in [1.807, 2.05) is 0 Å². The highest BCUT2D eigenvalue weighted by molar-refractivity contribution is 6.30. The fourth-order valence-electron chi connectivity index (χ4n) is 2.42. The highest BCUT2D eigenvalue weighted by atomic mass is 35.5. The molecule has 3 rings (SSSR count). The average molecular weight is 372 g/mol. The molecule has 0 spiro atoms. The average Bonchev–Trinajstić information content (AvgIpc) is 3.08. The van der Waals surface area contributed by atoms with Crippen LogP contribution in [-0.2, 0) is 4.74 Å². The summed E-state index contributed by atoms with van der Waals surface area (Å²) in [7, 11) is 0. The zero-order chi connectivity index (χ0) is 18.7. The second-order valence-corrected chi connectivity index (χ2v) is 5.78. The van der Waals surface area contributed by atoms with Gasteiger partial charge in [0.25, 0.3) is 5.69 Å². The predicted molar refractivity (Wildman–Crippen MR) is 97.1 cm³/mol. The third-order valence-corrected chi connectivity index (χ3v) is 3.91. The van der Waals surface area contributed by atoms with Gasteiger partial charge in [0.05, 0.1) is 17.2 Å². The van der Waals surface area contributed by atoms with Crippen molar-refractivity contribution < 1.29 is 14.5 Å². The summed E-state index contributed by atoms with van der Waals surface area (Å²) in [4.78, 5) is 30.0. The molecule has 132 valence electrons. The molecule has 0 aliphatic heterocycles. The highest BCUT2D eigenvalue weighted by Gasteiger charge is 2.21. The Balaban J connectivity index is 2.07. The van der Waals surface area contributed by atoms with Crippen LogP contribution < -0.4 is 0 Å². The number of nitro benzene ring substituents is 1. The number of nitrogens with one attached hydrogen (secondary N) is 1. The maximum absolute atomic E-state index is 12.3. The van der Waals surface area contributed by atoms with Crippen LogP contribution in [0, 0.1) is 10.1 Å². The van der Waals surface area contributed by atoms with Crippen LogP contribution in [0.5, 0.6) is 0 Å². The molecule has 8 heteroatoms. The first-order valence-electron chi connectivity index (χ1n) is 7.77. The van der Waals surface area contributed by atoms with E-state index < -0.39 is 10.9 Å². The minimum absolute atomic E-state index is 0.0242. The summed E-state index contributed by atoms with van der Waals surface area (Å²) in [6.07, 6.45) is 0. The number of carbonyl (C=O) groups excluding carboxylic acids is 1. The van der Waals surface area contributed by atoms with Crippen molar-refractivity contribution in [3.63, 3.8) is 0 Å². The summed E-state index contributed by atoms with van der Waals surface area (Å²) in [6.45, 7) is 1.93. The van der Waals surface area contributed by atoms with E-state index in [9.17, 15) is 14.9 Å². The molecule has 1 N–H and O–H groups in total. The molecule has 0 aliphatic carbocycles. The Morgan fingerprint density at radius 2 is 1.77 bits per heavy atom. The monoisotopic (exact) mass is 371 g/mol. The smallest absolute Gasteiger partial charge is 0.359 e. The molecule has 26 heavy (non-hydrogen) atoms. The molecule has 0 amide bonds. The van der Waals surface area contributed by atoms with E-state index in [-0.39, 0.29) is 18.0 Å². The summed E-state index contributed by atoms with van der Waals surface area (Å²) in [5.74, 6) is -0.144. The number of ether oxygens (including phenoxy) is 1. The van der Waals surface area contributed by atoms with Crippen molar-refractivity contribution in [2.75, 3.05) is 6.61 Å². The Labute approximate surface area is 153 Å². The number of aromatic amines is 1. The summed E-state index contributed by atoms with van der Waals surface area (Å²) >= 11 is 5.92. The molecule has 0 fully saturated rings. The van der Waals surface area contributed by atoms with Crippen molar-refractivity contribution in [1.82, 2.24) is 9.97 Å². The maximum Gasteiger partial charge on any atom is 0.359 e. The lowest BCUT2D eigenvalue weighted by atomic mass is 10.1. The van der Waals surface area contributed by atoms with Crippen LogP contribution in [0.4, 0.5) is 5.69 Å². The minimum atomic E-state index is -0.554. The van der Waals surface area contributed by atoms with Gasteiger partial charge in [0.2, 0.25) is 0 Å². The molecule has 0 saturated carbocycles. The third kappa shape index (κ3) is 3.57. The number of imidazole rings is 1. The minimum Gasteiger partial charge on any atom is -0.461 e. The molecule has 1 aromatic heterocycles. The summed E-state index contributed by atoms with van der Waals surface area (Å²) in [5.41, 5.74) is 1.94. The third-order valence-electron chi connectivity index (χ3n) is 3.66. The quantitative estimate of drug-likeness (QED) is 0.405. The van der Waals surface area contributed by atoms with Gasteiger partial charge < -0.3 is 9.72 Å². The number of hydrogen-bond donors (Lipinski definition) is 1. The summed E-state index contributed by atoms with van der Waals surface area (Å²) < 4.78 is 5.08. The van der Waals surface area contributed by atoms with Crippen molar-refractivity contribution >= 4 is 23.3 Å². The normalized spacial score (nSPS) is 10.5. The zero-order valence-electron chi connectivity index (χ0n) is 13.7. The van der Waals surface area contributed by atoms with Crippen molar-refractivity contribution in [3.8, 4) is 22.6 Å². The predicted octanol–water partition coefficient (Wildman–Crippen LogP) is 4.48. The fraction of sp³-hybridized carbons (Fsp3) is 0.111. The summed E-state index contributed by atoms with van der Waals surface area (Å²) in [6, 6.07) is 12.8. The number of hydrogen-bond acceptors (Lipinski definition) is 5. The Morgan fingerprint density at radius 1 is 1.15 bits per heavy atom. The number of rotatable bonds is 5. The molecule has 0 saturated heterocycles. The molecule has 0 bridgehead atoms. The first kappa shape index (κ1) is 17.6. The maximum atomic E-state index is 12.3. The van der Waals surface area contributed by atoms with E-state index in [0.717, 1.165) is 5.56 Å². The molecular weight excluding hydrogens is 358 g/mol. The van der Waals surface area contributed by atoms with Gasteiger partial charge in [-0.1, -0.05) is 23.7 Å². The lowest BCUT2D eigenvalue weighted by Crippen LogP contribution is -2.06. The second kappa shape index (κ2) is 7.37. The standard InChI is InChI=1S/C18H14ClN3O4/c1-2-26-18(23)16-15(11-3-7-13(19)8-4-11)20-17(21-16)12-5-9-14(10-6-12)22(24)25/h3-10H,2H2,1H3,(H,20,21). The SMILES string of the molecule is CCOC(=O)c1nc(-c2ccc([N+](=O)[O-])cc2)[nH]c1-c1ccc(Cl)cc1. The van der Waals surface area contributed by atoms with E-state index in [1.165, 1.54) is 12.1 Å². The van der Waals surface area contributed by atoms with Gasteiger partial charge in [0.15, 0.2) is 5.69 Å². The molecular formula is C18H14ClN3O4. The molecule has 0 aliphatic rings. The second-order valence-electron chi connectivity index (χ2n) is 5.34.